The molecule has 0 aromatic heterocycles. The van der Waals surface area contributed by atoms with E-state index in [-0.39, 0.29) is 31.7 Å². The highest BCUT2D eigenvalue weighted by atomic mass is 16.7. The van der Waals surface area contributed by atoms with Gasteiger partial charge in [0.25, 0.3) is 0 Å². The molecule has 0 aromatic carbocycles. The number of hydrogen-bond donors (Lipinski definition) is 1. The average molecular weight is 303 g/mol. The molecule has 0 heterocycles. The Kier molecular flexibility index (Phi) is 10.1. The van der Waals surface area contributed by atoms with Crippen LogP contribution in [0.1, 0.15) is 47.8 Å². The fourth-order valence-corrected chi connectivity index (χ4v) is 1.58. The average Bonchev–Trinajstić information content (AvgIpc) is 2.46. The second kappa shape index (κ2) is 11.7. The van der Waals surface area contributed by atoms with Crippen molar-refractivity contribution in [2.24, 2.45) is 5.89 Å². The molecule has 0 amide bonds. The molecule has 1 N–H and O–H groups in total. The summed E-state index contributed by atoms with van der Waals surface area (Å²) < 4.78 is 23.4. The molecule has 0 rings (SSSR count). The smallest absolute Gasteiger partial charge is 0.305 e. The number of allylic oxidation sites excluding steroid dienone is 1. The zero-order chi connectivity index (χ0) is 17.2. The molecule has 2 atom stereocenters. The lowest BCUT2D eigenvalue weighted by molar-refractivity contribution is -0.194. The summed E-state index contributed by atoms with van der Waals surface area (Å²) in [7, 11) is 1.46. The summed E-state index contributed by atoms with van der Waals surface area (Å²) in [5.74, 6) is -1.02. The highest BCUT2D eigenvalue weighted by molar-refractivity contribution is 5.69. The Morgan fingerprint density at radius 1 is 1.38 bits per heavy atom. The maximum absolute atomic E-state index is 11.7. The van der Waals surface area contributed by atoms with Gasteiger partial charge in [0.2, 0.25) is 0 Å². The van der Waals surface area contributed by atoms with E-state index in [1.165, 1.54) is 7.11 Å². The van der Waals surface area contributed by atoms with Crippen molar-refractivity contribution < 1.29 is 25.5 Å². The van der Waals surface area contributed by atoms with Gasteiger partial charge in [-0.2, -0.15) is 0 Å². The summed E-state index contributed by atoms with van der Waals surface area (Å²) >= 11 is 0. The van der Waals surface area contributed by atoms with E-state index in [0.29, 0.717) is 19.3 Å². The molecule has 5 heteroatoms. The van der Waals surface area contributed by atoms with Gasteiger partial charge >= 0.3 is 5.97 Å². The summed E-state index contributed by atoms with van der Waals surface area (Å²) in [6, 6.07) is 0. The number of hydrogen-bond acceptors (Lipinski definition) is 5. The zero-order valence-corrected chi connectivity index (χ0v) is 13.7. The summed E-state index contributed by atoms with van der Waals surface area (Å²) in [6.07, 6.45) is 1.14. The van der Waals surface area contributed by atoms with Crippen molar-refractivity contribution in [3.63, 3.8) is 0 Å². The molecular formula is C16H30O5. The van der Waals surface area contributed by atoms with Crippen LogP contribution in [0.15, 0.2) is 12.2 Å². The van der Waals surface area contributed by atoms with Gasteiger partial charge < -0.3 is 19.3 Å². The van der Waals surface area contributed by atoms with Gasteiger partial charge in [0.05, 0.1) is 12.7 Å². The van der Waals surface area contributed by atoms with Crippen molar-refractivity contribution >= 4 is 5.97 Å². The Morgan fingerprint density at radius 3 is 2.52 bits per heavy atom. The van der Waals surface area contributed by atoms with Crippen molar-refractivity contribution in [1.29, 1.82) is 0 Å². The van der Waals surface area contributed by atoms with E-state index in [1.807, 2.05) is 6.92 Å². The molecule has 0 radical (unpaired) electrons. The van der Waals surface area contributed by atoms with Crippen molar-refractivity contribution in [3.8, 4) is 0 Å². The predicted octanol–water partition coefficient (Wildman–Crippen LogP) is 2.67. The number of carbonyl (C=O) groups excluding carboxylic acids is 1. The third kappa shape index (κ3) is 9.61. The first kappa shape index (κ1) is 18.1. The van der Waals surface area contributed by atoms with Crippen LogP contribution in [0.25, 0.3) is 0 Å². The largest absolute Gasteiger partial charge is 0.460 e. The van der Waals surface area contributed by atoms with E-state index in [2.05, 4.69) is 6.58 Å². The number of aliphatic hydroxyl groups excluding tert-OH is 1. The third-order valence-electron chi connectivity index (χ3n) is 3.21. The molecule has 0 saturated heterocycles. The maximum atomic E-state index is 11.7. The first-order valence-corrected chi connectivity index (χ1v) is 7.37. The van der Waals surface area contributed by atoms with Crippen molar-refractivity contribution in [1.82, 2.24) is 0 Å². The Morgan fingerprint density at radius 2 is 2.05 bits per heavy atom. The Hall–Kier alpha value is -0.910. The Balaban J connectivity index is 3.99. The van der Waals surface area contributed by atoms with Gasteiger partial charge in [-0.15, -0.1) is 0 Å². The molecule has 0 saturated carbocycles. The molecule has 0 spiro atoms. The normalized spacial score (nSPS) is 15.2. The van der Waals surface area contributed by atoms with E-state index in [0.717, 1.165) is 5.57 Å². The number of esters is 1. The van der Waals surface area contributed by atoms with Crippen molar-refractivity contribution in [3.05, 3.63) is 12.2 Å². The lowest BCUT2D eigenvalue weighted by Gasteiger charge is -2.21. The van der Waals surface area contributed by atoms with Gasteiger partial charge in [0.15, 0.2) is 6.29 Å². The second-order valence-corrected chi connectivity index (χ2v) is 5.15. The number of aliphatic hydroxyl groups is 1. The summed E-state index contributed by atoms with van der Waals surface area (Å²) in [5, 5.41) is 9.07. The fraction of sp³-hybridized carbons (Fsp3) is 0.812. The van der Waals surface area contributed by atoms with Gasteiger partial charge in [0.1, 0.15) is 6.61 Å². The SMILES string of the molecule is [2H]C(C)(C)C(=C)CCCC(=O)OCC(OC)OC(CC)CO. The minimum Gasteiger partial charge on any atom is -0.460 e. The highest BCUT2D eigenvalue weighted by Crippen LogP contribution is 2.14. The van der Waals surface area contributed by atoms with Crippen LogP contribution in [-0.2, 0) is 19.0 Å². The van der Waals surface area contributed by atoms with Crippen molar-refractivity contribution in [2.45, 2.75) is 58.8 Å². The predicted molar refractivity (Wildman–Crippen MR) is 81.8 cm³/mol. The third-order valence-corrected chi connectivity index (χ3v) is 3.21. The van der Waals surface area contributed by atoms with E-state index < -0.39 is 12.2 Å². The van der Waals surface area contributed by atoms with Gasteiger partial charge in [-0.3, -0.25) is 4.79 Å². The molecule has 21 heavy (non-hydrogen) atoms. The van der Waals surface area contributed by atoms with Crippen LogP contribution in [0, 0.1) is 5.89 Å². The second-order valence-electron chi connectivity index (χ2n) is 5.15. The molecule has 5 nitrogen and oxygen atoms in total. The Labute approximate surface area is 129 Å². The minimum atomic E-state index is -0.682. The summed E-state index contributed by atoms with van der Waals surface area (Å²) in [6.45, 7) is 9.20. The van der Waals surface area contributed by atoms with Crippen LogP contribution in [0.4, 0.5) is 0 Å². The molecule has 0 aliphatic rings. The van der Waals surface area contributed by atoms with E-state index in [9.17, 15) is 4.79 Å². The van der Waals surface area contributed by atoms with E-state index >= 15 is 0 Å². The summed E-state index contributed by atoms with van der Waals surface area (Å²) in [5.41, 5.74) is 0.798. The molecule has 2 unspecified atom stereocenters. The topological polar surface area (TPSA) is 65.0 Å². The molecule has 124 valence electrons. The van der Waals surface area contributed by atoms with Crippen LogP contribution in [0.5, 0.6) is 0 Å². The molecule has 0 fully saturated rings. The standard InChI is InChI=1S/C16H30O5/c1-6-14(10-17)21-16(19-5)11-20-15(18)9-7-8-13(4)12(2)3/h12,14,16-17H,4,6-11H2,1-3,5H3/i12D. The maximum Gasteiger partial charge on any atom is 0.305 e. The van der Waals surface area contributed by atoms with Crippen LogP contribution < -0.4 is 0 Å². The van der Waals surface area contributed by atoms with Crippen LogP contribution >= 0.6 is 0 Å². The van der Waals surface area contributed by atoms with Gasteiger partial charge in [-0.25, -0.2) is 0 Å². The van der Waals surface area contributed by atoms with Crippen LogP contribution in [0.3, 0.4) is 0 Å². The number of ether oxygens (including phenoxy) is 3. The van der Waals surface area contributed by atoms with Crippen molar-refractivity contribution in [2.75, 3.05) is 20.3 Å². The summed E-state index contributed by atoms with van der Waals surface area (Å²) in [4.78, 5) is 11.7. The van der Waals surface area contributed by atoms with Crippen LogP contribution in [-0.4, -0.2) is 43.8 Å². The van der Waals surface area contributed by atoms with E-state index in [1.54, 1.807) is 13.8 Å². The quantitative estimate of drug-likeness (QED) is 0.341. The fourth-order valence-electron chi connectivity index (χ4n) is 1.58. The molecule has 0 aliphatic carbocycles. The molecule has 0 aliphatic heterocycles. The number of rotatable bonds is 12. The van der Waals surface area contributed by atoms with Gasteiger partial charge in [0, 0.05) is 14.9 Å². The van der Waals surface area contributed by atoms with Gasteiger partial charge in [-0.1, -0.05) is 32.9 Å². The molecular weight excluding hydrogens is 272 g/mol. The number of carbonyl (C=O) groups is 1. The monoisotopic (exact) mass is 303 g/mol. The van der Waals surface area contributed by atoms with Crippen LogP contribution in [0.2, 0.25) is 0 Å². The number of methoxy groups -OCH3 is 1. The van der Waals surface area contributed by atoms with E-state index in [4.69, 9.17) is 20.7 Å². The lowest BCUT2D eigenvalue weighted by Crippen LogP contribution is -2.30. The minimum absolute atomic E-state index is 0.00326. The Bertz CT molecular complexity index is 334. The first-order chi connectivity index (χ1) is 10.2. The first-order valence-electron chi connectivity index (χ1n) is 7.87. The molecule has 0 aromatic rings. The van der Waals surface area contributed by atoms with Gasteiger partial charge in [-0.05, 0) is 25.2 Å². The molecule has 0 bridgehead atoms. The highest BCUT2D eigenvalue weighted by Gasteiger charge is 2.16. The lowest BCUT2D eigenvalue weighted by atomic mass is 10.00. The zero-order valence-electron chi connectivity index (χ0n) is 14.7.